The fourth-order valence-electron chi connectivity index (χ4n) is 2.39. The molecule has 0 bridgehead atoms. The molecule has 0 saturated carbocycles. The van der Waals surface area contributed by atoms with Crippen LogP contribution in [0.4, 0.5) is 0 Å². The van der Waals surface area contributed by atoms with Crippen molar-refractivity contribution in [3.05, 3.63) is 58.9 Å². The number of ketones is 1. The molecule has 18 heavy (non-hydrogen) atoms. The molecule has 0 saturated heterocycles. The summed E-state index contributed by atoms with van der Waals surface area (Å²) in [6, 6.07) is 12.4. The Labute approximate surface area is 108 Å². The van der Waals surface area contributed by atoms with Gasteiger partial charge in [-0.05, 0) is 38.8 Å². The minimum Gasteiger partial charge on any atom is -0.348 e. The highest BCUT2D eigenvalue weighted by Gasteiger charge is 2.11. The minimum absolute atomic E-state index is 0.147. The predicted octanol–water partition coefficient (Wildman–Crippen LogP) is 3.55. The largest absolute Gasteiger partial charge is 0.348 e. The number of aryl methyl sites for hydroxylation is 2. The van der Waals surface area contributed by atoms with Crippen molar-refractivity contribution in [2.75, 3.05) is 0 Å². The predicted molar refractivity (Wildman–Crippen MR) is 74.1 cm³/mol. The van der Waals surface area contributed by atoms with Crippen molar-refractivity contribution in [3.8, 4) is 0 Å². The maximum atomic E-state index is 11.5. The number of Topliss-reactive ketones (excluding diaryl/α,β-unsaturated/α-hetero) is 1. The van der Waals surface area contributed by atoms with Crippen LogP contribution >= 0.6 is 0 Å². The average Bonchev–Trinajstić information content (AvgIpc) is 2.64. The number of carbonyl (C=O) groups excluding carboxylic acids is 1. The van der Waals surface area contributed by atoms with Gasteiger partial charge in [0.15, 0.2) is 5.78 Å². The monoisotopic (exact) mass is 241 g/mol. The fourth-order valence-corrected chi connectivity index (χ4v) is 2.39. The molecule has 0 N–H and O–H groups in total. The van der Waals surface area contributed by atoms with Crippen LogP contribution in [0.2, 0.25) is 0 Å². The van der Waals surface area contributed by atoms with Crippen LogP contribution < -0.4 is 0 Å². The molecule has 0 unspecified atom stereocenters. The SMILES string of the molecule is CC(=O)c1cc(C)n(CCc2ccccc2)c1C. The van der Waals surface area contributed by atoms with Gasteiger partial charge >= 0.3 is 0 Å². The Morgan fingerprint density at radius 3 is 2.39 bits per heavy atom. The smallest absolute Gasteiger partial charge is 0.161 e. The molecule has 0 fully saturated rings. The second kappa shape index (κ2) is 5.21. The van der Waals surface area contributed by atoms with Crippen LogP contribution in [0.3, 0.4) is 0 Å². The Hall–Kier alpha value is -1.83. The van der Waals surface area contributed by atoms with E-state index in [2.05, 4.69) is 35.8 Å². The number of benzene rings is 1. The van der Waals surface area contributed by atoms with Gasteiger partial charge in [-0.3, -0.25) is 4.79 Å². The van der Waals surface area contributed by atoms with Gasteiger partial charge < -0.3 is 4.57 Å². The van der Waals surface area contributed by atoms with E-state index >= 15 is 0 Å². The van der Waals surface area contributed by atoms with Gasteiger partial charge in [0.2, 0.25) is 0 Å². The van der Waals surface area contributed by atoms with Crippen LogP contribution in [-0.2, 0) is 13.0 Å². The highest BCUT2D eigenvalue weighted by Crippen LogP contribution is 2.16. The van der Waals surface area contributed by atoms with Crippen LogP contribution in [0.25, 0.3) is 0 Å². The standard InChI is InChI=1S/C16H19NO/c1-12-11-16(14(3)18)13(2)17(12)10-9-15-7-5-4-6-8-15/h4-8,11H,9-10H2,1-3H3. The lowest BCUT2D eigenvalue weighted by atomic mass is 10.1. The normalized spacial score (nSPS) is 10.6. The molecule has 0 atom stereocenters. The number of hydrogen-bond acceptors (Lipinski definition) is 1. The summed E-state index contributed by atoms with van der Waals surface area (Å²) in [4.78, 5) is 11.5. The maximum Gasteiger partial charge on any atom is 0.161 e. The highest BCUT2D eigenvalue weighted by molar-refractivity contribution is 5.95. The quantitative estimate of drug-likeness (QED) is 0.750. The van der Waals surface area contributed by atoms with Gasteiger partial charge in [0.25, 0.3) is 0 Å². The summed E-state index contributed by atoms with van der Waals surface area (Å²) >= 11 is 0. The summed E-state index contributed by atoms with van der Waals surface area (Å²) in [6.45, 7) is 6.64. The first-order chi connectivity index (χ1) is 8.59. The second-order valence-electron chi connectivity index (χ2n) is 4.73. The van der Waals surface area contributed by atoms with E-state index in [-0.39, 0.29) is 5.78 Å². The molecule has 2 rings (SSSR count). The van der Waals surface area contributed by atoms with Crippen molar-refractivity contribution in [2.45, 2.75) is 33.7 Å². The number of nitrogens with zero attached hydrogens (tertiary/aromatic N) is 1. The van der Waals surface area contributed by atoms with E-state index in [1.165, 1.54) is 5.56 Å². The Bertz CT molecular complexity index is 552. The summed E-state index contributed by atoms with van der Waals surface area (Å²) in [5.74, 6) is 0.147. The fraction of sp³-hybridized carbons (Fsp3) is 0.312. The van der Waals surface area contributed by atoms with Crippen molar-refractivity contribution in [1.82, 2.24) is 4.57 Å². The third kappa shape index (κ3) is 2.53. The third-order valence-corrected chi connectivity index (χ3v) is 3.42. The molecule has 0 spiro atoms. The Morgan fingerprint density at radius 2 is 1.83 bits per heavy atom. The molecule has 0 aliphatic rings. The van der Waals surface area contributed by atoms with Crippen LogP contribution in [-0.4, -0.2) is 10.4 Å². The van der Waals surface area contributed by atoms with Gasteiger partial charge in [0.05, 0.1) is 0 Å². The molecule has 1 aromatic heterocycles. The molecule has 94 valence electrons. The Balaban J connectivity index is 2.17. The van der Waals surface area contributed by atoms with E-state index in [0.717, 1.165) is 29.9 Å². The summed E-state index contributed by atoms with van der Waals surface area (Å²) in [5, 5.41) is 0. The van der Waals surface area contributed by atoms with Crippen LogP contribution in [0.15, 0.2) is 36.4 Å². The van der Waals surface area contributed by atoms with Gasteiger partial charge in [-0.2, -0.15) is 0 Å². The molecule has 2 heteroatoms. The molecule has 0 aliphatic carbocycles. The van der Waals surface area contributed by atoms with Gasteiger partial charge in [-0.1, -0.05) is 30.3 Å². The maximum absolute atomic E-state index is 11.5. The molecule has 0 radical (unpaired) electrons. The van der Waals surface area contributed by atoms with E-state index in [9.17, 15) is 4.79 Å². The zero-order valence-corrected chi connectivity index (χ0v) is 11.2. The van der Waals surface area contributed by atoms with Gasteiger partial charge in [0.1, 0.15) is 0 Å². The topological polar surface area (TPSA) is 22.0 Å². The molecule has 2 aromatic rings. The van der Waals surface area contributed by atoms with E-state index < -0.39 is 0 Å². The van der Waals surface area contributed by atoms with Crippen molar-refractivity contribution < 1.29 is 4.79 Å². The van der Waals surface area contributed by atoms with Crippen molar-refractivity contribution in [2.24, 2.45) is 0 Å². The molecular weight excluding hydrogens is 222 g/mol. The molecule has 0 aliphatic heterocycles. The van der Waals surface area contributed by atoms with Gasteiger partial charge in [-0.25, -0.2) is 0 Å². The highest BCUT2D eigenvalue weighted by atomic mass is 16.1. The first kappa shape index (κ1) is 12.6. The first-order valence-corrected chi connectivity index (χ1v) is 6.31. The molecular formula is C16H19NO. The Kier molecular flexibility index (Phi) is 3.66. The van der Waals surface area contributed by atoms with Crippen molar-refractivity contribution in [1.29, 1.82) is 0 Å². The summed E-state index contributed by atoms with van der Waals surface area (Å²) in [7, 11) is 0. The lowest BCUT2D eigenvalue weighted by Gasteiger charge is -2.09. The molecule has 2 nitrogen and oxygen atoms in total. The number of aromatic nitrogens is 1. The van der Waals surface area contributed by atoms with Crippen LogP contribution in [0.1, 0.15) is 34.2 Å². The number of rotatable bonds is 4. The summed E-state index contributed by atoms with van der Waals surface area (Å²) in [6.07, 6.45) is 0.995. The van der Waals surface area contributed by atoms with Crippen molar-refractivity contribution in [3.63, 3.8) is 0 Å². The lowest BCUT2D eigenvalue weighted by molar-refractivity contribution is 0.101. The van der Waals surface area contributed by atoms with E-state index in [0.29, 0.717) is 0 Å². The molecule has 1 aromatic carbocycles. The van der Waals surface area contributed by atoms with Gasteiger partial charge in [-0.15, -0.1) is 0 Å². The molecule has 1 heterocycles. The van der Waals surface area contributed by atoms with Crippen LogP contribution in [0, 0.1) is 13.8 Å². The molecule has 0 amide bonds. The van der Waals surface area contributed by atoms with Crippen molar-refractivity contribution >= 4 is 5.78 Å². The zero-order valence-electron chi connectivity index (χ0n) is 11.2. The van der Waals surface area contributed by atoms with E-state index in [1.807, 2.05) is 19.1 Å². The number of carbonyl (C=O) groups is 1. The first-order valence-electron chi connectivity index (χ1n) is 6.31. The van der Waals surface area contributed by atoms with Gasteiger partial charge in [0, 0.05) is 23.5 Å². The zero-order chi connectivity index (χ0) is 13.1. The minimum atomic E-state index is 0.147. The second-order valence-corrected chi connectivity index (χ2v) is 4.73. The van der Waals surface area contributed by atoms with E-state index in [4.69, 9.17) is 0 Å². The summed E-state index contributed by atoms with van der Waals surface area (Å²) in [5.41, 5.74) is 4.42. The number of hydrogen-bond donors (Lipinski definition) is 0. The third-order valence-electron chi connectivity index (χ3n) is 3.42. The van der Waals surface area contributed by atoms with E-state index in [1.54, 1.807) is 6.92 Å². The van der Waals surface area contributed by atoms with Crippen LogP contribution in [0.5, 0.6) is 0 Å². The summed E-state index contributed by atoms with van der Waals surface area (Å²) < 4.78 is 2.23. The average molecular weight is 241 g/mol. The lowest BCUT2D eigenvalue weighted by Crippen LogP contribution is -2.06. The Morgan fingerprint density at radius 1 is 1.17 bits per heavy atom.